The average Bonchev–Trinajstić information content (AvgIpc) is 2.32. The molecule has 17 heavy (non-hydrogen) atoms. The van der Waals surface area contributed by atoms with Crippen LogP contribution < -0.4 is 0 Å². The highest BCUT2D eigenvalue weighted by Crippen LogP contribution is 2.29. The van der Waals surface area contributed by atoms with Gasteiger partial charge < -0.3 is 5.11 Å². The Morgan fingerprint density at radius 1 is 1.29 bits per heavy atom. The van der Waals surface area contributed by atoms with Gasteiger partial charge in [0.25, 0.3) is 0 Å². The smallest absolute Gasteiger partial charge is 0.304 e. The fourth-order valence-corrected chi connectivity index (χ4v) is 2.13. The lowest BCUT2D eigenvalue weighted by molar-refractivity contribution is -0.140. The number of carbonyl (C=O) groups excluding carboxylic acids is 1. The summed E-state index contributed by atoms with van der Waals surface area (Å²) >= 11 is 0. The van der Waals surface area contributed by atoms with Crippen LogP contribution in [0.5, 0.6) is 0 Å². The van der Waals surface area contributed by atoms with Gasteiger partial charge in [0, 0.05) is 5.92 Å². The number of carboxylic acid groups (broad SMARTS) is 1. The van der Waals surface area contributed by atoms with Gasteiger partial charge in [0.1, 0.15) is 0 Å². The molecule has 0 aliphatic heterocycles. The van der Waals surface area contributed by atoms with Crippen molar-refractivity contribution >= 4 is 17.3 Å². The largest absolute Gasteiger partial charge is 0.481 e. The number of hydrogen-bond acceptors (Lipinski definition) is 2. The zero-order valence-electron chi connectivity index (χ0n) is 9.43. The second-order valence-corrected chi connectivity index (χ2v) is 4.27. The first-order valence-corrected chi connectivity index (χ1v) is 5.68. The predicted molar refractivity (Wildman–Crippen MR) is 64.4 cm³/mol. The van der Waals surface area contributed by atoms with E-state index < -0.39 is 5.97 Å². The quantitative estimate of drug-likeness (QED) is 0.868. The van der Waals surface area contributed by atoms with E-state index in [0.717, 1.165) is 17.6 Å². The molecule has 1 aromatic carbocycles. The van der Waals surface area contributed by atoms with E-state index in [1.54, 1.807) is 6.08 Å². The lowest BCUT2D eigenvalue weighted by atomic mass is 9.84. The molecule has 88 valence electrons. The molecule has 0 saturated carbocycles. The van der Waals surface area contributed by atoms with Gasteiger partial charge in [-0.1, -0.05) is 30.3 Å². The summed E-state index contributed by atoms with van der Waals surface area (Å²) in [6.45, 7) is 0. The third-order valence-corrected chi connectivity index (χ3v) is 3.05. The van der Waals surface area contributed by atoms with Crippen LogP contribution >= 0.6 is 0 Å². The molecule has 0 spiro atoms. The topological polar surface area (TPSA) is 54.4 Å². The maximum absolute atomic E-state index is 11.8. The Labute approximate surface area is 99.8 Å². The maximum Gasteiger partial charge on any atom is 0.304 e. The van der Waals surface area contributed by atoms with Gasteiger partial charge in [-0.05, 0) is 30.1 Å². The van der Waals surface area contributed by atoms with Crippen molar-refractivity contribution in [2.45, 2.75) is 19.3 Å². The van der Waals surface area contributed by atoms with E-state index in [1.165, 1.54) is 0 Å². The lowest BCUT2D eigenvalue weighted by Crippen LogP contribution is -2.20. The van der Waals surface area contributed by atoms with E-state index in [0.29, 0.717) is 6.42 Å². The molecule has 1 aliphatic carbocycles. The van der Waals surface area contributed by atoms with Crippen molar-refractivity contribution in [3.05, 3.63) is 42.0 Å². The Hall–Kier alpha value is -1.90. The third-order valence-electron chi connectivity index (χ3n) is 3.05. The summed E-state index contributed by atoms with van der Waals surface area (Å²) in [5.74, 6) is -1.31. The van der Waals surface area contributed by atoms with Crippen LogP contribution in [-0.2, 0) is 9.59 Å². The number of rotatable bonds is 3. The van der Waals surface area contributed by atoms with Crippen LogP contribution in [0, 0.1) is 5.92 Å². The fraction of sp³-hybridized carbons (Fsp3) is 0.286. The predicted octanol–water partition coefficient (Wildman–Crippen LogP) is 2.52. The monoisotopic (exact) mass is 230 g/mol. The molecular weight excluding hydrogens is 216 g/mol. The molecule has 1 aromatic rings. The number of ketones is 1. The number of hydrogen-bond donors (Lipinski definition) is 1. The van der Waals surface area contributed by atoms with Crippen molar-refractivity contribution < 1.29 is 14.7 Å². The van der Waals surface area contributed by atoms with Crippen LogP contribution in [0.3, 0.4) is 0 Å². The first-order chi connectivity index (χ1) is 8.16. The SMILES string of the molecule is O=C(O)CC1CCC(c2ccccc2)=CC1=O. The highest BCUT2D eigenvalue weighted by molar-refractivity contribution is 6.01. The summed E-state index contributed by atoms with van der Waals surface area (Å²) in [6.07, 6.45) is 2.95. The first kappa shape index (κ1) is 11.6. The summed E-state index contributed by atoms with van der Waals surface area (Å²) in [7, 11) is 0. The van der Waals surface area contributed by atoms with Crippen molar-refractivity contribution in [1.29, 1.82) is 0 Å². The third kappa shape index (κ3) is 2.81. The standard InChI is InChI=1S/C14H14O3/c15-13-8-11(10-4-2-1-3-5-10)6-7-12(13)9-14(16)17/h1-5,8,12H,6-7,9H2,(H,16,17). The van der Waals surface area contributed by atoms with Crippen LogP contribution in [0.25, 0.3) is 5.57 Å². The summed E-state index contributed by atoms with van der Waals surface area (Å²) < 4.78 is 0. The highest BCUT2D eigenvalue weighted by Gasteiger charge is 2.24. The lowest BCUT2D eigenvalue weighted by Gasteiger charge is -2.19. The van der Waals surface area contributed by atoms with Crippen LogP contribution in [0.1, 0.15) is 24.8 Å². The molecule has 0 saturated heterocycles. The molecule has 0 bridgehead atoms. The van der Waals surface area contributed by atoms with Crippen LogP contribution in [0.4, 0.5) is 0 Å². The Balaban J connectivity index is 2.15. The van der Waals surface area contributed by atoms with E-state index in [9.17, 15) is 9.59 Å². The van der Waals surface area contributed by atoms with E-state index in [4.69, 9.17) is 5.11 Å². The van der Waals surface area contributed by atoms with Crippen molar-refractivity contribution in [3.63, 3.8) is 0 Å². The molecule has 1 aliphatic rings. The first-order valence-electron chi connectivity index (χ1n) is 5.68. The fourth-order valence-electron chi connectivity index (χ4n) is 2.13. The number of carbonyl (C=O) groups is 2. The Kier molecular flexibility index (Phi) is 3.38. The van der Waals surface area contributed by atoms with Gasteiger partial charge in [-0.3, -0.25) is 9.59 Å². The van der Waals surface area contributed by atoms with E-state index >= 15 is 0 Å². The van der Waals surface area contributed by atoms with Crippen molar-refractivity contribution in [1.82, 2.24) is 0 Å². The van der Waals surface area contributed by atoms with Gasteiger partial charge in [0.05, 0.1) is 6.42 Å². The average molecular weight is 230 g/mol. The summed E-state index contributed by atoms with van der Waals surface area (Å²) in [5, 5.41) is 8.69. The Morgan fingerprint density at radius 2 is 2.00 bits per heavy atom. The van der Waals surface area contributed by atoms with Gasteiger partial charge in [0.15, 0.2) is 5.78 Å². The molecule has 2 rings (SSSR count). The molecule has 3 nitrogen and oxygen atoms in total. The maximum atomic E-state index is 11.8. The van der Waals surface area contributed by atoms with Gasteiger partial charge in [-0.15, -0.1) is 0 Å². The van der Waals surface area contributed by atoms with Crippen molar-refractivity contribution in [2.75, 3.05) is 0 Å². The zero-order valence-corrected chi connectivity index (χ0v) is 9.43. The van der Waals surface area contributed by atoms with Crippen LogP contribution in [-0.4, -0.2) is 16.9 Å². The zero-order chi connectivity index (χ0) is 12.3. The molecule has 0 radical (unpaired) electrons. The minimum absolute atomic E-state index is 0.0579. The van der Waals surface area contributed by atoms with Crippen LogP contribution in [0.2, 0.25) is 0 Å². The Morgan fingerprint density at radius 3 is 2.59 bits per heavy atom. The molecule has 0 amide bonds. The number of allylic oxidation sites excluding steroid dienone is 2. The van der Waals surface area contributed by atoms with Gasteiger partial charge in [0.2, 0.25) is 0 Å². The minimum atomic E-state index is -0.903. The second-order valence-electron chi connectivity index (χ2n) is 4.27. The minimum Gasteiger partial charge on any atom is -0.481 e. The van der Waals surface area contributed by atoms with Crippen molar-refractivity contribution in [3.8, 4) is 0 Å². The molecule has 1 unspecified atom stereocenters. The molecule has 0 fully saturated rings. The van der Waals surface area contributed by atoms with Gasteiger partial charge in [-0.2, -0.15) is 0 Å². The number of aliphatic carboxylic acids is 1. The van der Waals surface area contributed by atoms with Gasteiger partial charge >= 0.3 is 5.97 Å². The molecule has 0 heterocycles. The molecular formula is C14H14O3. The Bertz CT molecular complexity index is 460. The van der Waals surface area contributed by atoms with Gasteiger partial charge in [-0.25, -0.2) is 0 Å². The number of carboxylic acids is 1. The van der Waals surface area contributed by atoms with Crippen LogP contribution in [0.15, 0.2) is 36.4 Å². The molecule has 1 N–H and O–H groups in total. The van der Waals surface area contributed by atoms with E-state index in [2.05, 4.69) is 0 Å². The molecule has 3 heteroatoms. The summed E-state index contributed by atoms with van der Waals surface area (Å²) in [6, 6.07) is 9.74. The number of benzene rings is 1. The normalized spacial score (nSPS) is 19.9. The highest BCUT2D eigenvalue weighted by atomic mass is 16.4. The molecule has 1 atom stereocenters. The summed E-state index contributed by atoms with van der Waals surface area (Å²) in [4.78, 5) is 22.4. The second kappa shape index (κ2) is 4.95. The van der Waals surface area contributed by atoms with E-state index in [1.807, 2.05) is 30.3 Å². The molecule has 0 aromatic heterocycles. The van der Waals surface area contributed by atoms with Crippen molar-refractivity contribution in [2.24, 2.45) is 5.92 Å². The van der Waals surface area contributed by atoms with E-state index in [-0.39, 0.29) is 18.1 Å². The summed E-state index contributed by atoms with van der Waals surface area (Å²) in [5.41, 5.74) is 2.06.